The number of nitrogens with zero attached hydrogens (tertiary/aromatic N) is 2. The molecule has 0 radical (unpaired) electrons. The van der Waals surface area contributed by atoms with Gasteiger partial charge in [0, 0.05) is 51.4 Å². The van der Waals surface area contributed by atoms with Crippen molar-refractivity contribution in [2.24, 2.45) is 11.3 Å². The highest BCUT2D eigenvalue weighted by atomic mass is 28.3. The number of rotatable bonds is 2. The quantitative estimate of drug-likeness (QED) is 0.223. The Labute approximate surface area is 264 Å². The molecular formula is C37H42N2O3Si2. The van der Waals surface area contributed by atoms with E-state index in [2.05, 4.69) is 76.1 Å². The largest absolute Gasteiger partial charge is 0.331 e. The van der Waals surface area contributed by atoms with E-state index in [-0.39, 0.29) is 41.8 Å². The maximum Gasteiger partial charge on any atom is 0.261 e. The summed E-state index contributed by atoms with van der Waals surface area (Å²) >= 11 is 0. The number of hydrogen-bond donors (Lipinski definition) is 0. The minimum atomic E-state index is -1.88. The molecule has 6 rings (SSSR count). The lowest BCUT2D eigenvalue weighted by Crippen LogP contribution is -2.54. The zero-order valence-corrected chi connectivity index (χ0v) is 29.7. The molecule has 5 aliphatic rings. The molecule has 1 fully saturated rings. The van der Waals surface area contributed by atoms with Gasteiger partial charge in [-0.3, -0.25) is 19.3 Å². The Morgan fingerprint density at radius 2 is 1.52 bits per heavy atom. The molecule has 2 heterocycles. The van der Waals surface area contributed by atoms with Crippen molar-refractivity contribution in [3.8, 4) is 22.9 Å². The molecule has 3 atom stereocenters. The molecule has 0 saturated carbocycles. The zero-order valence-electron chi connectivity index (χ0n) is 27.7. The fourth-order valence-corrected chi connectivity index (χ4v) is 8.58. The average molecular weight is 619 g/mol. The van der Waals surface area contributed by atoms with Crippen LogP contribution in [0.2, 0.25) is 39.3 Å². The molecule has 44 heavy (non-hydrogen) atoms. The van der Waals surface area contributed by atoms with Gasteiger partial charge in [0.15, 0.2) is 0 Å². The van der Waals surface area contributed by atoms with Gasteiger partial charge in [0.2, 0.25) is 0 Å². The summed E-state index contributed by atoms with van der Waals surface area (Å²) in [6.45, 7) is 25.8. The average Bonchev–Trinajstić information content (AvgIpc) is 3.20. The van der Waals surface area contributed by atoms with Gasteiger partial charge >= 0.3 is 0 Å². The maximum atomic E-state index is 14.4. The Morgan fingerprint density at radius 1 is 0.886 bits per heavy atom. The van der Waals surface area contributed by atoms with Crippen molar-refractivity contribution in [3.05, 3.63) is 69.8 Å². The van der Waals surface area contributed by atoms with E-state index in [4.69, 9.17) is 6.58 Å². The first-order valence-electron chi connectivity index (χ1n) is 15.7. The summed E-state index contributed by atoms with van der Waals surface area (Å²) < 4.78 is 0. The number of carbonyl (C=O) groups excluding carboxylic acids is 3. The van der Waals surface area contributed by atoms with Crippen LogP contribution in [-0.4, -0.2) is 61.8 Å². The first-order valence-corrected chi connectivity index (χ1v) is 22.7. The summed E-state index contributed by atoms with van der Waals surface area (Å²) in [6.07, 6.45) is 4.55. The number of carbonyl (C=O) groups is 3. The lowest BCUT2D eigenvalue weighted by Gasteiger charge is -2.48. The summed E-state index contributed by atoms with van der Waals surface area (Å²) in [4.78, 5) is 45.9. The minimum absolute atomic E-state index is 0.0125. The number of fused-ring (bicyclic) bond motifs is 4. The van der Waals surface area contributed by atoms with Crippen LogP contribution in [0.15, 0.2) is 47.6 Å². The normalized spacial score (nSPS) is 25.4. The van der Waals surface area contributed by atoms with Crippen LogP contribution in [-0.2, 0) is 16.0 Å². The van der Waals surface area contributed by atoms with Gasteiger partial charge < -0.3 is 4.90 Å². The number of imide groups is 1. The molecule has 3 amide bonds. The van der Waals surface area contributed by atoms with Gasteiger partial charge in [0.1, 0.15) is 16.1 Å². The van der Waals surface area contributed by atoms with Gasteiger partial charge in [-0.05, 0) is 63.0 Å². The Balaban J connectivity index is 1.81. The predicted octanol–water partition coefficient (Wildman–Crippen LogP) is 6.26. The molecule has 1 aromatic carbocycles. The van der Waals surface area contributed by atoms with E-state index >= 15 is 0 Å². The highest BCUT2D eigenvalue weighted by molar-refractivity contribution is 6.84. The van der Waals surface area contributed by atoms with Crippen LogP contribution < -0.4 is 0 Å². The summed E-state index contributed by atoms with van der Waals surface area (Å²) in [7, 11) is -3.64. The van der Waals surface area contributed by atoms with Gasteiger partial charge in [-0.2, -0.15) is 0 Å². The monoisotopic (exact) mass is 618 g/mol. The van der Waals surface area contributed by atoms with Gasteiger partial charge in [-0.25, -0.2) is 0 Å². The van der Waals surface area contributed by atoms with Crippen molar-refractivity contribution in [2.45, 2.75) is 91.5 Å². The van der Waals surface area contributed by atoms with Gasteiger partial charge in [0.25, 0.3) is 17.7 Å². The van der Waals surface area contributed by atoms with Gasteiger partial charge in [0.05, 0.1) is 11.5 Å². The second-order valence-corrected chi connectivity index (χ2v) is 25.0. The van der Waals surface area contributed by atoms with Crippen molar-refractivity contribution < 1.29 is 14.4 Å². The van der Waals surface area contributed by atoms with E-state index in [1.165, 1.54) is 4.90 Å². The van der Waals surface area contributed by atoms with Crippen LogP contribution in [0.1, 0.15) is 54.7 Å². The first kappa shape index (κ1) is 30.4. The standard InChI is InChI=1S/C37H42N2O3Si2/c1-21(2)38-33-31-23(5)30(24(14-16-43(6,7)8)18-27(31)35(38)41)25-12-13-26-32-28(25)19-37(33,15-17-44(9,10)11)20-29(32)36(42)39(22(3)4)34(26)40/h12-13,18,20-22,31,33H,5,19H2,1-4,6-11H3. The molecule has 1 aromatic rings. The number of benzene rings is 1. The molecule has 0 N–H and O–H groups in total. The van der Waals surface area contributed by atoms with Crippen LogP contribution in [0, 0.1) is 34.3 Å². The Morgan fingerprint density at radius 3 is 2.11 bits per heavy atom. The summed E-state index contributed by atoms with van der Waals surface area (Å²) in [6, 6.07) is 3.14. The second kappa shape index (κ2) is 9.67. The number of allylic oxidation sites excluding steroid dienone is 3. The van der Waals surface area contributed by atoms with Crippen molar-refractivity contribution >= 4 is 45.0 Å². The van der Waals surface area contributed by atoms with E-state index in [0.29, 0.717) is 28.7 Å². The molecule has 0 spiro atoms. The SMILES string of the molecule is C=C1C2=C(C#C[Si](C)(C)C)C=C3C(=O)N(C(C)C)C(C13)C1(C#C[Si](C)(C)C)C=C3C(=O)N(C(C)C)C(=O)c4ccc2c(c43)C1. The topological polar surface area (TPSA) is 57.7 Å². The smallest absolute Gasteiger partial charge is 0.261 e. The van der Waals surface area contributed by atoms with Crippen LogP contribution >= 0.6 is 0 Å². The molecular weight excluding hydrogens is 577 g/mol. The molecule has 5 nitrogen and oxygen atoms in total. The Bertz CT molecular complexity index is 1820. The van der Waals surface area contributed by atoms with Crippen LogP contribution in [0.4, 0.5) is 0 Å². The number of amides is 3. The lowest BCUT2D eigenvalue weighted by atomic mass is 9.58. The van der Waals surface area contributed by atoms with E-state index < -0.39 is 21.6 Å². The lowest BCUT2D eigenvalue weighted by molar-refractivity contribution is -0.129. The Kier molecular flexibility index (Phi) is 6.68. The maximum absolute atomic E-state index is 14.4. The molecule has 0 aromatic heterocycles. The van der Waals surface area contributed by atoms with Gasteiger partial charge in [-0.1, -0.05) is 69.8 Å². The molecule has 7 heteroatoms. The van der Waals surface area contributed by atoms with E-state index in [1.54, 1.807) is 0 Å². The highest BCUT2D eigenvalue weighted by Gasteiger charge is 2.60. The van der Waals surface area contributed by atoms with Crippen molar-refractivity contribution in [3.63, 3.8) is 0 Å². The number of likely N-dealkylation sites (tertiary alicyclic amines) is 1. The van der Waals surface area contributed by atoms with Crippen LogP contribution in [0.3, 0.4) is 0 Å². The summed E-state index contributed by atoms with van der Waals surface area (Å²) in [5.74, 6) is 6.38. The van der Waals surface area contributed by atoms with Crippen molar-refractivity contribution in [2.75, 3.05) is 0 Å². The predicted molar refractivity (Wildman–Crippen MR) is 183 cm³/mol. The number of hydrogen-bond acceptors (Lipinski definition) is 3. The highest BCUT2D eigenvalue weighted by Crippen LogP contribution is 2.58. The molecule has 226 valence electrons. The van der Waals surface area contributed by atoms with Gasteiger partial charge in [-0.15, -0.1) is 11.1 Å². The van der Waals surface area contributed by atoms with Crippen LogP contribution in [0.5, 0.6) is 0 Å². The fraction of sp³-hybridized carbons (Fsp3) is 0.432. The third-order valence-corrected chi connectivity index (χ3v) is 10.9. The second-order valence-electron chi connectivity index (χ2n) is 15.5. The minimum Gasteiger partial charge on any atom is -0.331 e. The third kappa shape index (κ3) is 4.39. The molecule has 4 bridgehead atoms. The first-order chi connectivity index (χ1) is 20.4. The Hall–Kier alpha value is -3.66. The van der Waals surface area contributed by atoms with E-state index in [9.17, 15) is 14.4 Å². The zero-order chi connectivity index (χ0) is 32.3. The van der Waals surface area contributed by atoms with E-state index in [0.717, 1.165) is 27.8 Å². The summed E-state index contributed by atoms with van der Waals surface area (Å²) in [5, 5.41) is 0. The molecule has 2 aliphatic heterocycles. The van der Waals surface area contributed by atoms with Crippen molar-refractivity contribution in [1.29, 1.82) is 0 Å². The van der Waals surface area contributed by atoms with Crippen LogP contribution in [0.25, 0.3) is 11.1 Å². The molecule has 3 unspecified atom stereocenters. The molecule has 1 saturated heterocycles. The fourth-order valence-electron chi connectivity index (χ4n) is 7.46. The van der Waals surface area contributed by atoms with E-state index in [1.807, 2.05) is 43.0 Å². The molecule has 3 aliphatic carbocycles. The van der Waals surface area contributed by atoms with Crippen molar-refractivity contribution in [1.82, 2.24) is 9.80 Å². The summed E-state index contributed by atoms with van der Waals surface area (Å²) in [5.41, 5.74) is 13.3. The third-order valence-electron chi connectivity index (χ3n) is 9.16.